The molecule has 3 rings (SSSR count). The molecule has 0 amide bonds. The minimum Gasteiger partial charge on any atom is -0.293 e. The highest BCUT2D eigenvalue weighted by molar-refractivity contribution is 5.91. The van der Waals surface area contributed by atoms with E-state index in [1.54, 1.807) is 18.5 Å². The normalized spacial score (nSPS) is 11.5. The lowest BCUT2D eigenvalue weighted by Crippen LogP contribution is -2.12. The van der Waals surface area contributed by atoms with Crippen molar-refractivity contribution >= 4 is 5.78 Å². The van der Waals surface area contributed by atoms with Gasteiger partial charge in [0.15, 0.2) is 5.78 Å². The van der Waals surface area contributed by atoms with E-state index in [0.29, 0.717) is 5.69 Å². The number of aryl methyl sites for hydroxylation is 1. The SMILES string of the molecule is CC(=O)c1ccc(C(C)(C)C)cn1.CC(C)(C)c1cccnc1.Cc1ccc(C(C)(C)C)cn1. The van der Waals surface area contributed by atoms with E-state index in [9.17, 15) is 4.79 Å². The molecule has 0 aliphatic rings. The van der Waals surface area contributed by atoms with Gasteiger partial charge in [0.05, 0.1) is 0 Å². The summed E-state index contributed by atoms with van der Waals surface area (Å²) in [6, 6.07) is 12.0. The summed E-state index contributed by atoms with van der Waals surface area (Å²) in [6.07, 6.45) is 7.45. The topological polar surface area (TPSA) is 55.7 Å². The molecule has 0 aliphatic carbocycles. The number of aromatic nitrogens is 3. The van der Waals surface area contributed by atoms with E-state index >= 15 is 0 Å². The third-order valence-electron chi connectivity index (χ3n) is 5.30. The molecule has 184 valence electrons. The largest absolute Gasteiger partial charge is 0.293 e. The number of pyridine rings is 3. The molecule has 3 heterocycles. The third kappa shape index (κ3) is 10.4. The molecular weight excluding hydrogens is 418 g/mol. The molecule has 0 spiro atoms. The third-order valence-corrected chi connectivity index (χ3v) is 5.30. The molecule has 4 nitrogen and oxygen atoms in total. The fourth-order valence-electron chi connectivity index (χ4n) is 2.76. The smallest absolute Gasteiger partial charge is 0.178 e. The maximum atomic E-state index is 10.9. The average molecular weight is 462 g/mol. The molecule has 0 aromatic carbocycles. The van der Waals surface area contributed by atoms with E-state index in [2.05, 4.69) is 95.5 Å². The Labute approximate surface area is 207 Å². The molecule has 3 aromatic heterocycles. The highest BCUT2D eigenvalue weighted by atomic mass is 16.1. The highest BCUT2D eigenvalue weighted by Gasteiger charge is 2.14. The molecule has 0 bridgehead atoms. The molecule has 0 radical (unpaired) electrons. The number of Topliss-reactive ketones (excluding diaryl/α,β-unsaturated/α-hetero) is 1. The second-order valence-electron chi connectivity index (χ2n) is 11.7. The van der Waals surface area contributed by atoms with Crippen LogP contribution in [-0.4, -0.2) is 20.7 Å². The van der Waals surface area contributed by atoms with Crippen molar-refractivity contribution in [1.29, 1.82) is 0 Å². The Bertz CT molecular complexity index is 1000. The van der Waals surface area contributed by atoms with Crippen LogP contribution in [-0.2, 0) is 16.2 Å². The lowest BCUT2D eigenvalue weighted by Gasteiger charge is -2.18. The fraction of sp³-hybridized carbons (Fsp3) is 0.467. The zero-order valence-corrected chi connectivity index (χ0v) is 23.0. The number of ketones is 1. The standard InChI is InChI=1S/C11H15NO.C10H15N.C9H13N/c1-8(13)10-6-5-9(7-12-10)11(2,3)4;1-8-5-6-9(7-11-8)10(2,3)4;1-9(2,3)8-5-4-6-10-7-8/h5-7H,1-4H3;5-7H,1-4H3;4-7H,1-3H3. The van der Waals surface area contributed by atoms with Crippen LogP contribution in [0.3, 0.4) is 0 Å². The molecule has 0 unspecified atom stereocenters. The van der Waals surface area contributed by atoms with Crippen LogP contribution >= 0.6 is 0 Å². The van der Waals surface area contributed by atoms with Crippen LogP contribution in [0.4, 0.5) is 0 Å². The van der Waals surface area contributed by atoms with Crippen molar-refractivity contribution in [2.45, 2.75) is 92.4 Å². The zero-order chi connectivity index (χ0) is 26.2. The second-order valence-corrected chi connectivity index (χ2v) is 11.7. The van der Waals surface area contributed by atoms with Gasteiger partial charge in [-0.25, -0.2) is 0 Å². The number of nitrogens with zero attached hydrogens (tertiary/aromatic N) is 3. The Morgan fingerprint density at radius 1 is 0.647 bits per heavy atom. The van der Waals surface area contributed by atoms with Crippen molar-refractivity contribution in [2.75, 3.05) is 0 Å². The summed E-state index contributed by atoms with van der Waals surface area (Å²) >= 11 is 0. The molecular formula is C30H43N3O. The molecule has 0 saturated heterocycles. The van der Waals surface area contributed by atoms with Crippen LogP contribution in [0.5, 0.6) is 0 Å². The van der Waals surface area contributed by atoms with Crippen LogP contribution in [0.2, 0.25) is 0 Å². The molecule has 0 saturated carbocycles. The maximum Gasteiger partial charge on any atom is 0.178 e. The Hall–Kier alpha value is -2.88. The van der Waals surface area contributed by atoms with Crippen LogP contribution in [0.25, 0.3) is 0 Å². The van der Waals surface area contributed by atoms with E-state index in [4.69, 9.17) is 0 Å². The summed E-state index contributed by atoms with van der Waals surface area (Å²) in [5.74, 6) is 0.0143. The predicted octanol–water partition coefficient (Wildman–Crippen LogP) is 7.65. The summed E-state index contributed by atoms with van der Waals surface area (Å²) in [5.41, 5.74) is 5.90. The van der Waals surface area contributed by atoms with Crippen molar-refractivity contribution in [3.05, 3.63) is 89.3 Å². The van der Waals surface area contributed by atoms with Gasteiger partial charge in [-0.15, -0.1) is 0 Å². The van der Waals surface area contributed by atoms with Gasteiger partial charge in [-0.05, 0) is 58.1 Å². The maximum absolute atomic E-state index is 10.9. The average Bonchev–Trinajstić information content (AvgIpc) is 2.74. The van der Waals surface area contributed by atoms with Crippen molar-refractivity contribution in [3.8, 4) is 0 Å². The van der Waals surface area contributed by atoms with Crippen molar-refractivity contribution in [3.63, 3.8) is 0 Å². The summed E-state index contributed by atoms with van der Waals surface area (Å²) < 4.78 is 0. The van der Waals surface area contributed by atoms with Crippen LogP contribution in [0.1, 0.15) is 102 Å². The van der Waals surface area contributed by atoms with Crippen molar-refractivity contribution < 1.29 is 4.79 Å². The quantitative estimate of drug-likeness (QED) is 0.349. The van der Waals surface area contributed by atoms with Crippen molar-refractivity contribution in [2.24, 2.45) is 0 Å². The molecule has 34 heavy (non-hydrogen) atoms. The van der Waals surface area contributed by atoms with Gasteiger partial charge >= 0.3 is 0 Å². The first kappa shape index (κ1) is 29.2. The van der Waals surface area contributed by atoms with Gasteiger partial charge in [0.25, 0.3) is 0 Å². The monoisotopic (exact) mass is 461 g/mol. The minimum absolute atomic E-state index is 0.0143. The molecule has 4 heteroatoms. The Morgan fingerprint density at radius 2 is 1.12 bits per heavy atom. The molecule has 0 aliphatic heterocycles. The van der Waals surface area contributed by atoms with Gasteiger partial charge in [-0.1, -0.05) is 80.5 Å². The first-order chi connectivity index (χ1) is 15.5. The summed E-state index contributed by atoms with van der Waals surface area (Å²) in [6.45, 7) is 23.0. The molecule has 0 atom stereocenters. The van der Waals surface area contributed by atoms with E-state index < -0.39 is 0 Å². The fourth-order valence-corrected chi connectivity index (χ4v) is 2.76. The van der Waals surface area contributed by atoms with Gasteiger partial charge in [-0.2, -0.15) is 0 Å². The number of carbonyl (C=O) groups is 1. The van der Waals surface area contributed by atoms with Gasteiger partial charge in [0.2, 0.25) is 0 Å². The van der Waals surface area contributed by atoms with Gasteiger partial charge < -0.3 is 0 Å². The van der Waals surface area contributed by atoms with E-state index in [0.717, 1.165) is 11.3 Å². The summed E-state index contributed by atoms with van der Waals surface area (Å²) in [7, 11) is 0. The second kappa shape index (κ2) is 12.0. The van der Waals surface area contributed by atoms with Crippen LogP contribution < -0.4 is 0 Å². The van der Waals surface area contributed by atoms with E-state index in [-0.39, 0.29) is 22.0 Å². The Morgan fingerprint density at radius 3 is 1.41 bits per heavy atom. The molecule has 0 N–H and O–H groups in total. The van der Waals surface area contributed by atoms with E-state index in [1.807, 2.05) is 31.5 Å². The zero-order valence-electron chi connectivity index (χ0n) is 23.0. The Kier molecular flexibility index (Phi) is 10.3. The first-order valence-corrected chi connectivity index (χ1v) is 11.8. The minimum atomic E-state index is 0.0143. The predicted molar refractivity (Wildman–Crippen MR) is 144 cm³/mol. The van der Waals surface area contributed by atoms with Gasteiger partial charge in [0.1, 0.15) is 5.69 Å². The van der Waals surface area contributed by atoms with Crippen LogP contribution in [0.15, 0.2) is 61.2 Å². The Balaban J connectivity index is 0.000000257. The first-order valence-electron chi connectivity index (χ1n) is 11.8. The highest BCUT2D eigenvalue weighted by Crippen LogP contribution is 2.22. The van der Waals surface area contributed by atoms with Crippen LogP contribution in [0, 0.1) is 6.92 Å². The van der Waals surface area contributed by atoms with Gasteiger partial charge in [0, 0.05) is 37.4 Å². The summed E-state index contributed by atoms with van der Waals surface area (Å²) in [4.78, 5) is 23.3. The number of carbonyl (C=O) groups excluding carboxylic acids is 1. The summed E-state index contributed by atoms with van der Waals surface area (Å²) in [5, 5.41) is 0. The van der Waals surface area contributed by atoms with Crippen molar-refractivity contribution in [1.82, 2.24) is 15.0 Å². The lowest BCUT2D eigenvalue weighted by atomic mass is 9.88. The lowest BCUT2D eigenvalue weighted by molar-refractivity contribution is 0.101. The van der Waals surface area contributed by atoms with E-state index in [1.165, 1.54) is 18.1 Å². The number of hydrogen-bond acceptors (Lipinski definition) is 4. The number of rotatable bonds is 1. The van der Waals surface area contributed by atoms with Gasteiger partial charge in [-0.3, -0.25) is 19.7 Å². The molecule has 3 aromatic rings. The molecule has 0 fully saturated rings. The number of hydrogen-bond donors (Lipinski definition) is 0.